The van der Waals surface area contributed by atoms with Crippen LogP contribution in [0, 0.1) is 11.2 Å². The lowest BCUT2D eigenvalue weighted by Gasteiger charge is -2.16. The highest BCUT2D eigenvalue weighted by Gasteiger charge is 2.16. The summed E-state index contributed by atoms with van der Waals surface area (Å²) >= 11 is 1.27. The lowest BCUT2D eigenvalue weighted by Crippen LogP contribution is -2.10. The molecular formula is C26H28FN5O3S. The number of fused-ring (bicyclic) bond motifs is 1. The van der Waals surface area contributed by atoms with E-state index in [1.54, 1.807) is 29.6 Å². The Hall–Kier alpha value is -3.79. The molecule has 2 heterocycles. The number of aromatic nitrogens is 3. The van der Waals surface area contributed by atoms with Crippen LogP contribution in [0.2, 0.25) is 0 Å². The van der Waals surface area contributed by atoms with E-state index < -0.39 is 5.82 Å². The van der Waals surface area contributed by atoms with E-state index in [-0.39, 0.29) is 23.3 Å². The number of ketones is 1. The number of benzene rings is 2. The SMILES string of the molecule is COc1cc2ncnc(Nc3ccc(Oc4nc(CC(=O)CCC(C)(C)C)cs4)cc3F)c2cc1N. The summed E-state index contributed by atoms with van der Waals surface area (Å²) in [5.74, 6) is 0.803. The average molecular weight is 510 g/mol. The molecule has 0 aliphatic heterocycles. The maximum Gasteiger partial charge on any atom is 0.278 e. The van der Waals surface area contributed by atoms with Gasteiger partial charge < -0.3 is 20.5 Å². The zero-order valence-electron chi connectivity index (χ0n) is 20.6. The number of carbonyl (C=O) groups is 1. The third-order valence-corrected chi connectivity index (χ3v) is 6.21. The monoisotopic (exact) mass is 509 g/mol. The lowest BCUT2D eigenvalue weighted by molar-refractivity contribution is -0.119. The number of Topliss-reactive ketones (excluding diaryl/α,β-unsaturated/α-hetero) is 1. The number of nitrogens with zero attached hydrogens (tertiary/aromatic N) is 3. The maximum absolute atomic E-state index is 14.9. The van der Waals surface area contributed by atoms with Crippen LogP contribution in [0.4, 0.5) is 21.6 Å². The second kappa shape index (κ2) is 10.4. The van der Waals surface area contributed by atoms with E-state index in [4.69, 9.17) is 15.2 Å². The molecule has 4 aromatic rings. The van der Waals surface area contributed by atoms with Gasteiger partial charge in [-0.25, -0.2) is 19.3 Å². The van der Waals surface area contributed by atoms with Gasteiger partial charge in [-0.15, -0.1) is 0 Å². The topological polar surface area (TPSA) is 112 Å². The van der Waals surface area contributed by atoms with Gasteiger partial charge in [-0.3, -0.25) is 4.79 Å². The van der Waals surface area contributed by atoms with Gasteiger partial charge in [0, 0.05) is 35.7 Å². The van der Waals surface area contributed by atoms with Gasteiger partial charge in [0.2, 0.25) is 0 Å². The van der Waals surface area contributed by atoms with Crippen molar-refractivity contribution in [3.63, 3.8) is 0 Å². The van der Waals surface area contributed by atoms with Crippen molar-refractivity contribution in [2.45, 2.75) is 40.0 Å². The molecule has 4 rings (SSSR count). The molecule has 0 aliphatic rings. The van der Waals surface area contributed by atoms with Crippen molar-refractivity contribution in [2.75, 3.05) is 18.2 Å². The predicted molar refractivity (Wildman–Crippen MR) is 140 cm³/mol. The highest BCUT2D eigenvalue weighted by Crippen LogP contribution is 2.33. The molecule has 0 bridgehead atoms. The fourth-order valence-electron chi connectivity index (χ4n) is 3.49. The predicted octanol–water partition coefficient (Wildman–Crippen LogP) is 6.29. The Labute approximate surface area is 212 Å². The number of nitrogens with two attached hydrogens (primary N) is 1. The summed E-state index contributed by atoms with van der Waals surface area (Å²) in [6.07, 6.45) is 2.98. The van der Waals surface area contributed by atoms with E-state index in [1.807, 2.05) is 0 Å². The third kappa shape index (κ3) is 6.25. The molecule has 0 aliphatic carbocycles. The molecule has 36 heavy (non-hydrogen) atoms. The van der Waals surface area contributed by atoms with Crippen LogP contribution < -0.4 is 20.5 Å². The van der Waals surface area contributed by atoms with E-state index in [9.17, 15) is 9.18 Å². The lowest BCUT2D eigenvalue weighted by atomic mass is 9.89. The quantitative estimate of drug-likeness (QED) is 0.253. The zero-order chi connectivity index (χ0) is 25.9. The fraction of sp³-hybridized carbons (Fsp3) is 0.308. The van der Waals surface area contributed by atoms with E-state index in [0.717, 1.165) is 6.42 Å². The molecule has 2 aromatic carbocycles. The molecule has 0 fully saturated rings. The number of rotatable bonds is 9. The van der Waals surface area contributed by atoms with Crippen molar-refractivity contribution in [2.24, 2.45) is 5.41 Å². The number of hydrogen-bond acceptors (Lipinski definition) is 9. The minimum absolute atomic E-state index is 0.110. The Morgan fingerprint density at radius 1 is 1.19 bits per heavy atom. The molecule has 2 aromatic heterocycles. The van der Waals surface area contributed by atoms with Crippen molar-refractivity contribution in [1.29, 1.82) is 0 Å². The van der Waals surface area contributed by atoms with Crippen LogP contribution in [0.3, 0.4) is 0 Å². The number of carbonyl (C=O) groups excluding carboxylic acids is 1. The van der Waals surface area contributed by atoms with Crippen LogP contribution in [0.1, 0.15) is 39.3 Å². The van der Waals surface area contributed by atoms with Crippen LogP contribution in [0.25, 0.3) is 10.9 Å². The first-order valence-corrected chi connectivity index (χ1v) is 12.3. The highest BCUT2D eigenvalue weighted by molar-refractivity contribution is 7.11. The molecule has 0 unspecified atom stereocenters. The van der Waals surface area contributed by atoms with Crippen LogP contribution in [0.5, 0.6) is 16.7 Å². The number of methoxy groups -OCH3 is 1. The summed E-state index contributed by atoms with van der Waals surface area (Å²) in [6, 6.07) is 7.82. The first-order chi connectivity index (χ1) is 17.1. The molecule has 8 nitrogen and oxygen atoms in total. The molecule has 0 radical (unpaired) electrons. The van der Waals surface area contributed by atoms with Gasteiger partial charge in [0.25, 0.3) is 5.19 Å². The maximum atomic E-state index is 14.9. The summed E-state index contributed by atoms with van der Waals surface area (Å²) in [7, 11) is 1.52. The van der Waals surface area contributed by atoms with Gasteiger partial charge in [0.15, 0.2) is 0 Å². The number of hydrogen-bond donors (Lipinski definition) is 2. The summed E-state index contributed by atoms with van der Waals surface area (Å²) in [5, 5.41) is 5.75. The molecule has 0 saturated heterocycles. The standard InChI is InChI=1S/C26H28FN5O3S/c1-26(2,3)8-7-16(33)9-15-13-36-25(31-15)35-17-5-6-21(19(27)10-17)32-24-18-11-20(28)23(34-4)12-22(18)29-14-30-24/h5-6,10-14H,7-9,28H2,1-4H3,(H,29,30,32). The highest BCUT2D eigenvalue weighted by atomic mass is 32.1. The van der Waals surface area contributed by atoms with Crippen LogP contribution >= 0.6 is 11.3 Å². The molecular weight excluding hydrogens is 481 g/mol. The Balaban J connectivity index is 1.44. The van der Waals surface area contributed by atoms with Crippen molar-refractivity contribution >= 4 is 45.2 Å². The van der Waals surface area contributed by atoms with E-state index in [0.29, 0.717) is 51.2 Å². The Morgan fingerprint density at radius 3 is 2.72 bits per heavy atom. The summed E-state index contributed by atoms with van der Waals surface area (Å²) in [6.45, 7) is 6.33. The van der Waals surface area contributed by atoms with Crippen molar-refractivity contribution in [3.05, 3.63) is 53.6 Å². The molecule has 3 N–H and O–H groups in total. The third-order valence-electron chi connectivity index (χ3n) is 5.45. The number of thiazole rings is 1. The fourth-order valence-corrected chi connectivity index (χ4v) is 4.17. The average Bonchev–Trinajstić information content (AvgIpc) is 3.25. The Morgan fingerprint density at radius 2 is 2.00 bits per heavy atom. The summed E-state index contributed by atoms with van der Waals surface area (Å²) in [5.41, 5.74) is 8.02. The molecule has 0 saturated carbocycles. The zero-order valence-corrected chi connectivity index (χ0v) is 21.4. The van der Waals surface area contributed by atoms with Crippen molar-refractivity contribution < 1.29 is 18.7 Å². The van der Waals surface area contributed by atoms with Gasteiger partial charge in [0.1, 0.15) is 35.2 Å². The molecule has 0 amide bonds. The van der Waals surface area contributed by atoms with Crippen LogP contribution in [-0.2, 0) is 11.2 Å². The van der Waals surface area contributed by atoms with Crippen molar-refractivity contribution in [1.82, 2.24) is 15.0 Å². The summed E-state index contributed by atoms with van der Waals surface area (Å²) < 4.78 is 25.9. The van der Waals surface area contributed by atoms with Gasteiger partial charge in [0.05, 0.1) is 29.7 Å². The van der Waals surface area contributed by atoms with Gasteiger partial charge >= 0.3 is 0 Å². The first kappa shape index (κ1) is 25.3. The van der Waals surface area contributed by atoms with Gasteiger partial charge in [-0.05, 0) is 30.0 Å². The number of halogens is 1. The van der Waals surface area contributed by atoms with Crippen LogP contribution in [-0.4, -0.2) is 27.8 Å². The smallest absolute Gasteiger partial charge is 0.278 e. The van der Waals surface area contributed by atoms with Gasteiger partial charge in [-0.1, -0.05) is 32.1 Å². The minimum atomic E-state index is -0.533. The number of nitrogens with one attached hydrogen (secondary N) is 1. The Bertz CT molecular complexity index is 1400. The normalized spacial score (nSPS) is 11.5. The van der Waals surface area contributed by atoms with E-state index >= 15 is 0 Å². The second-order valence-corrected chi connectivity index (χ2v) is 10.4. The van der Waals surface area contributed by atoms with Crippen molar-refractivity contribution in [3.8, 4) is 16.7 Å². The number of anilines is 3. The molecule has 0 atom stereocenters. The molecule has 188 valence electrons. The summed E-state index contributed by atoms with van der Waals surface area (Å²) in [4.78, 5) is 25.1. The second-order valence-electron chi connectivity index (χ2n) is 9.58. The number of nitrogen functional groups attached to an aromatic ring is 1. The largest absolute Gasteiger partial charge is 0.495 e. The number of ether oxygens (including phenoxy) is 2. The van der Waals surface area contributed by atoms with Crippen LogP contribution in [0.15, 0.2) is 42.0 Å². The molecule has 0 spiro atoms. The Kier molecular flexibility index (Phi) is 7.35. The van der Waals surface area contributed by atoms with Gasteiger partial charge in [-0.2, -0.15) is 0 Å². The minimum Gasteiger partial charge on any atom is -0.495 e. The van der Waals surface area contributed by atoms with E-state index in [1.165, 1.54) is 30.8 Å². The van der Waals surface area contributed by atoms with E-state index in [2.05, 4.69) is 41.0 Å². The first-order valence-electron chi connectivity index (χ1n) is 11.4. The molecule has 10 heteroatoms.